The molecule has 1 aliphatic rings. The van der Waals surface area contributed by atoms with Crippen molar-refractivity contribution in [2.24, 2.45) is 0 Å². The molecule has 1 saturated carbocycles. The van der Waals surface area contributed by atoms with Gasteiger partial charge in [0, 0.05) is 12.6 Å². The van der Waals surface area contributed by atoms with Crippen molar-refractivity contribution in [3.05, 3.63) is 94.2 Å². The molecule has 0 spiro atoms. The molecule has 212 valence electrons. The summed E-state index contributed by atoms with van der Waals surface area (Å²) in [6, 6.07) is 16.7. The Morgan fingerprint density at radius 2 is 1.62 bits per heavy atom. The number of halogens is 3. The van der Waals surface area contributed by atoms with Gasteiger partial charge in [-0.2, -0.15) is 0 Å². The van der Waals surface area contributed by atoms with Gasteiger partial charge in [-0.1, -0.05) is 66.4 Å². The molecule has 7 nitrogen and oxygen atoms in total. The Morgan fingerprint density at radius 3 is 2.25 bits per heavy atom. The predicted molar refractivity (Wildman–Crippen MR) is 154 cm³/mol. The summed E-state index contributed by atoms with van der Waals surface area (Å²) in [5.41, 5.74) is 0.721. The zero-order valence-electron chi connectivity index (χ0n) is 21.9. The van der Waals surface area contributed by atoms with Crippen LogP contribution in [-0.2, 0) is 26.2 Å². The van der Waals surface area contributed by atoms with E-state index in [1.165, 1.54) is 59.5 Å². The maximum absolute atomic E-state index is 13.9. The zero-order chi connectivity index (χ0) is 28.9. The highest BCUT2D eigenvalue weighted by molar-refractivity contribution is 7.92. The van der Waals surface area contributed by atoms with E-state index in [9.17, 15) is 22.4 Å². The normalized spacial score (nSPS) is 14.5. The monoisotopic (exact) mass is 605 g/mol. The number of hydrogen-bond donors (Lipinski definition) is 1. The third-order valence-electron chi connectivity index (χ3n) is 6.94. The van der Waals surface area contributed by atoms with E-state index in [2.05, 4.69) is 5.32 Å². The van der Waals surface area contributed by atoms with E-state index in [0.717, 1.165) is 30.0 Å². The Hall–Kier alpha value is -3.14. The number of rotatable bonds is 10. The molecule has 40 heavy (non-hydrogen) atoms. The van der Waals surface area contributed by atoms with Crippen molar-refractivity contribution < 1.29 is 22.4 Å². The highest BCUT2D eigenvalue weighted by atomic mass is 35.5. The van der Waals surface area contributed by atoms with Gasteiger partial charge in [0.25, 0.3) is 10.0 Å². The minimum atomic E-state index is -4.22. The van der Waals surface area contributed by atoms with Gasteiger partial charge in [-0.15, -0.1) is 0 Å². The number of amides is 2. The first-order chi connectivity index (χ1) is 19.1. The highest BCUT2D eigenvalue weighted by Crippen LogP contribution is 2.31. The molecule has 2 amide bonds. The molecule has 1 N–H and O–H groups in total. The summed E-state index contributed by atoms with van der Waals surface area (Å²) in [5, 5.41) is 3.35. The topological polar surface area (TPSA) is 86.8 Å². The summed E-state index contributed by atoms with van der Waals surface area (Å²) in [7, 11) is -4.22. The van der Waals surface area contributed by atoms with Gasteiger partial charge in [-0.25, -0.2) is 12.8 Å². The largest absolute Gasteiger partial charge is 0.352 e. The van der Waals surface area contributed by atoms with E-state index >= 15 is 0 Å². The molecule has 0 heterocycles. The van der Waals surface area contributed by atoms with Crippen LogP contribution >= 0.6 is 23.2 Å². The minimum absolute atomic E-state index is 0.0222. The number of hydrogen-bond acceptors (Lipinski definition) is 4. The molecule has 0 bridgehead atoms. The van der Waals surface area contributed by atoms with Gasteiger partial charge in [0.1, 0.15) is 18.4 Å². The molecule has 0 aliphatic heterocycles. The van der Waals surface area contributed by atoms with E-state index in [0.29, 0.717) is 5.56 Å². The third-order valence-corrected chi connectivity index (χ3v) is 9.46. The van der Waals surface area contributed by atoms with Gasteiger partial charge in [0.15, 0.2) is 0 Å². The van der Waals surface area contributed by atoms with Gasteiger partial charge in [0.05, 0.1) is 20.6 Å². The average Bonchev–Trinajstić information content (AvgIpc) is 3.46. The molecule has 11 heteroatoms. The lowest BCUT2D eigenvalue weighted by molar-refractivity contribution is -0.139. The van der Waals surface area contributed by atoms with Crippen LogP contribution in [0.15, 0.2) is 77.7 Å². The summed E-state index contributed by atoms with van der Waals surface area (Å²) in [4.78, 5) is 28.4. The van der Waals surface area contributed by atoms with Crippen LogP contribution in [0, 0.1) is 5.82 Å². The summed E-state index contributed by atoms with van der Waals surface area (Å²) < 4.78 is 42.1. The molecule has 3 aromatic rings. The lowest BCUT2D eigenvalue weighted by atomic mass is 10.1. The second kappa shape index (κ2) is 13.0. The second-order valence-electron chi connectivity index (χ2n) is 9.74. The molecule has 1 aliphatic carbocycles. The van der Waals surface area contributed by atoms with Gasteiger partial charge in [0.2, 0.25) is 11.8 Å². The molecule has 0 aromatic heterocycles. The molecular formula is C29H30Cl2FN3O4S. The lowest BCUT2D eigenvalue weighted by Gasteiger charge is -2.32. The molecule has 4 rings (SSSR count). The van der Waals surface area contributed by atoms with Crippen LogP contribution in [0.3, 0.4) is 0 Å². The van der Waals surface area contributed by atoms with Crippen molar-refractivity contribution in [3.8, 4) is 0 Å². The first kappa shape index (κ1) is 29.8. The van der Waals surface area contributed by atoms with Crippen LogP contribution in [0.1, 0.15) is 38.2 Å². The lowest BCUT2D eigenvalue weighted by Crippen LogP contribution is -2.52. The van der Waals surface area contributed by atoms with Crippen molar-refractivity contribution in [1.29, 1.82) is 0 Å². The summed E-state index contributed by atoms with van der Waals surface area (Å²) in [6.07, 6.45) is 3.77. The van der Waals surface area contributed by atoms with Crippen LogP contribution in [0.4, 0.5) is 10.1 Å². The number of anilines is 1. The Balaban J connectivity index is 1.69. The van der Waals surface area contributed by atoms with Crippen molar-refractivity contribution in [3.63, 3.8) is 0 Å². The SMILES string of the molecule is C[C@@H](C(=O)NC1CCCC1)N(Cc1ccc(F)cc1)C(=O)CN(c1ccc(Cl)c(Cl)c1)S(=O)(=O)c1ccccc1. The fourth-order valence-corrected chi connectivity index (χ4v) is 6.37. The third kappa shape index (κ3) is 7.13. The smallest absolute Gasteiger partial charge is 0.264 e. The molecular weight excluding hydrogens is 576 g/mol. The van der Waals surface area contributed by atoms with Gasteiger partial charge in [-0.05, 0) is 67.8 Å². The van der Waals surface area contributed by atoms with Crippen molar-refractivity contribution in [1.82, 2.24) is 10.2 Å². The molecule has 3 aromatic carbocycles. The fourth-order valence-electron chi connectivity index (χ4n) is 4.65. The Bertz CT molecular complexity index is 1450. The number of carbonyl (C=O) groups is 2. The molecule has 0 saturated heterocycles. The summed E-state index contributed by atoms with van der Waals surface area (Å²) in [5.74, 6) is -1.40. The first-order valence-electron chi connectivity index (χ1n) is 12.9. The first-order valence-corrected chi connectivity index (χ1v) is 15.1. The minimum Gasteiger partial charge on any atom is -0.352 e. The number of nitrogens with one attached hydrogen (secondary N) is 1. The Labute approximate surface area is 243 Å². The van der Waals surface area contributed by atoms with E-state index in [-0.39, 0.29) is 39.1 Å². The second-order valence-corrected chi connectivity index (χ2v) is 12.4. The van der Waals surface area contributed by atoms with Crippen molar-refractivity contribution in [2.75, 3.05) is 10.8 Å². The van der Waals surface area contributed by atoms with E-state index in [1.54, 1.807) is 25.1 Å². The van der Waals surface area contributed by atoms with Gasteiger partial charge >= 0.3 is 0 Å². The van der Waals surface area contributed by atoms with E-state index in [1.807, 2.05) is 0 Å². The predicted octanol–water partition coefficient (Wildman–Crippen LogP) is 5.80. The number of nitrogens with zero attached hydrogens (tertiary/aromatic N) is 2. The van der Waals surface area contributed by atoms with Gasteiger partial charge in [-0.3, -0.25) is 13.9 Å². The Morgan fingerprint density at radius 1 is 0.975 bits per heavy atom. The number of benzene rings is 3. The van der Waals surface area contributed by atoms with Crippen LogP contribution in [-0.4, -0.2) is 43.8 Å². The quantitative estimate of drug-likeness (QED) is 0.316. The van der Waals surface area contributed by atoms with E-state index < -0.39 is 34.3 Å². The van der Waals surface area contributed by atoms with Crippen LogP contribution in [0.2, 0.25) is 10.0 Å². The van der Waals surface area contributed by atoms with Crippen LogP contribution in [0.5, 0.6) is 0 Å². The standard InChI is InChI=1S/C29H30Cl2FN3O4S/c1-20(29(37)33-23-7-5-6-8-23)34(18-21-11-13-22(32)14-12-21)28(36)19-35(24-15-16-26(30)27(31)17-24)40(38,39)25-9-3-2-4-10-25/h2-4,9-17,20,23H,5-8,18-19H2,1H3,(H,33,37)/t20-/m0/s1. The fraction of sp³-hybridized carbons (Fsp3) is 0.310. The maximum atomic E-state index is 13.9. The zero-order valence-corrected chi connectivity index (χ0v) is 24.2. The van der Waals surface area contributed by atoms with E-state index in [4.69, 9.17) is 23.2 Å². The molecule has 1 fully saturated rings. The molecule has 0 unspecified atom stereocenters. The molecule has 0 radical (unpaired) electrons. The number of carbonyl (C=O) groups excluding carboxylic acids is 2. The number of sulfonamides is 1. The molecule has 1 atom stereocenters. The van der Waals surface area contributed by atoms with Crippen LogP contribution in [0.25, 0.3) is 0 Å². The maximum Gasteiger partial charge on any atom is 0.264 e. The summed E-state index contributed by atoms with van der Waals surface area (Å²) in [6.45, 7) is 0.956. The van der Waals surface area contributed by atoms with Crippen molar-refractivity contribution in [2.45, 2.75) is 56.1 Å². The highest BCUT2D eigenvalue weighted by Gasteiger charge is 2.33. The van der Waals surface area contributed by atoms with Gasteiger partial charge < -0.3 is 10.2 Å². The van der Waals surface area contributed by atoms with Crippen LogP contribution < -0.4 is 9.62 Å². The Kier molecular flexibility index (Phi) is 9.71. The summed E-state index contributed by atoms with van der Waals surface area (Å²) >= 11 is 12.3. The average molecular weight is 607 g/mol. The van der Waals surface area contributed by atoms with Crippen molar-refractivity contribution >= 4 is 50.7 Å².